The average molecular weight is 293 g/mol. The van der Waals surface area contributed by atoms with E-state index in [1.807, 2.05) is 19.2 Å². The van der Waals surface area contributed by atoms with Crippen molar-refractivity contribution in [2.24, 2.45) is 0 Å². The Balaban J connectivity index is 1.77. The van der Waals surface area contributed by atoms with Crippen molar-refractivity contribution in [1.82, 2.24) is 10.2 Å². The average Bonchev–Trinajstić information content (AvgIpc) is 2.56. The van der Waals surface area contributed by atoms with Gasteiger partial charge in [-0.3, -0.25) is 4.90 Å². The smallest absolute Gasteiger partial charge is 0.119 e. The van der Waals surface area contributed by atoms with E-state index in [9.17, 15) is 5.11 Å². The van der Waals surface area contributed by atoms with Gasteiger partial charge in [-0.1, -0.05) is 0 Å². The summed E-state index contributed by atoms with van der Waals surface area (Å²) in [6, 6.07) is 8.49. The highest BCUT2D eigenvalue weighted by molar-refractivity contribution is 5.49. The van der Waals surface area contributed by atoms with Crippen LogP contribution in [0.5, 0.6) is 5.75 Å². The number of anilines is 1. The first-order chi connectivity index (χ1) is 10.3. The minimum Gasteiger partial charge on any atom is -0.497 e. The number of hydrogen-bond donors (Lipinski definition) is 2. The maximum atomic E-state index is 9.19. The summed E-state index contributed by atoms with van der Waals surface area (Å²) in [5, 5.41) is 12.3. The standard InChI is InChI=1S/C16H27N3O2/c1-17-14(13-20)7-8-18-9-11-19(12-10-18)15-3-5-16(21-2)6-4-15/h3-6,14,17,20H,7-13H2,1-2H3. The molecule has 1 unspecified atom stereocenters. The number of nitrogens with zero attached hydrogens (tertiary/aromatic N) is 2. The molecule has 0 spiro atoms. The Kier molecular flexibility index (Phi) is 6.29. The normalized spacial score (nSPS) is 17.8. The van der Waals surface area contributed by atoms with E-state index >= 15 is 0 Å². The second-order valence-corrected chi connectivity index (χ2v) is 5.48. The minimum atomic E-state index is 0.211. The summed E-state index contributed by atoms with van der Waals surface area (Å²) in [4.78, 5) is 4.89. The van der Waals surface area contributed by atoms with Gasteiger partial charge in [0.2, 0.25) is 0 Å². The van der Waals surface area contributed by atoms with Crippen LogP contribution in [-0.4, -0.2) is 69.5 Å². The van der Waals surface area contributed by atoms with Crippen molar-refractivity contribution in [3.63, 3.8) is 0 Å². The third-order valence-electron chi connectivity index (χ3n) is 4.23. The topological polar surface area (TPSA) is 48.0 Å². The van der Waals surface area contributed by atoms with Crippen molar-refractivity contribution < 1.29 is 9.84 Å². The molecule has 21 heavy (non-hydrogen) atoms. The van der Waals surface area contributed by atoms with Crippen LogP contribution in [0.25, 0.3) is 0 Å². The van der Waals surface area contributed by atoms with Gasteiger partial charge in [0.25, 0.3) is 0 Å². The van der Waals surface area contributed by atoms with Crippen molar-refractivity contribution in [2.75, 3.05) is 58.4 Å². The summed E-state index contributed by atoms with van der Waals surface area (Å²) < 4.78 is 5.20. The van der Waals surface area contributed by atoms with Crippen molar-refractivity contribution >= 4 is 5.69 Å². The number of methoxy groups -OCH3 is 1. The molecule has 0 bridgehead atoms. The summed E-state index contributed by atoms with van der Waals surface area (Å²) >= 11 is 0. The molecular weight excluding hydrogens is 266 g/mol. The number of benzene rings is 1. The van der Waals surface area contributed by atoms with Gasteiger partial charge in [0.15, 0.2) is 0 Å². The quantitative estimate of drug-likeness (QED) is 0.778. The highest BCUT2D eigenvalue weighted by Gasteiger charge is 2.17. The van der Waals surface area contributed by atoms with Crippen LogP contribution in [0.4, 0.5) is 5.69 Å². The lowest BCUT2D eigenvalue weighted by Crippen LogP contribution is -2.47. The SMILES string of the molecule is CNC(CO)CCN1CCN(c2ccc(OC)cc2)CC1. The number of ether oxygens (including phenoxy) is 1. The zero-order valence-corrected chi connectivity index (χ0v) is 13.1. The lowest BCUT2D eigenvalue weighted by molar-refractivity contribution is 0.205. The Morgan fingerprint density at radius 3 is 2.38 bits per heavy atom. The van der Waals surface area contributed by atoms with Gasteiger partial charge in [0.05, 0.1) is 13.7 Å². The number of likely N-dealkylation sites (N-methyl/N-ethyl adjacent to an activating group) is 1. The molecule has 1 aliphatic heterocycles. The van der Waals surface area contributed by atoms with Crippen LogP contribution in [0, 0.1) is 0 Å². The Labute approximate surface area is 127 Å². The van der Waals surface area contributed by atoms with E-state index in [1.54, 1.807) is 7.11 Å². The van der Waals surface area contributed by atoms with Gasteiger partial charge < -0.3 is 20.1 Å². The molecule has 1 aromatic rings. The van der Waals surface area contributed by atoms with Crippen molar-refractivity contribution in [2.45, 2.75) is 12.5 Å². The molecule has 1 fully saturated rings. The van der Waals surface area contributed by atoms with Gasteiger partial charge >= 0.3 is 0 Å². The number of aliphatic hydroxyl groups is 1. The molecular formula is C16H27N3O2. The summed E-state index contributed by atoms with van der Waals surface area (Å²) in [6.07, 6.45) is 0.996. The fourth-order valence-electron chi connectivity index (χ4n) is 2.69. The third kappa shape index (κ3) is 4.59. The predicted octanol–water partition coefficient (Wildman–Crippen LogP) is 0.788. The Bertz CT molecular complexity index is 398. The first-order valence-corrected chi connectivity index (χ1v) is 7.66. The van der Waals surface area contributed by atoms with Crippen LogP contribution >= 0.6 is 0 Å². The molecule has 1 heterocycles. The zero-order valence-electron chi connectivity index (χ0n) is 13.1. The van der Waals surface area contributed by atoms with Crippen molar-refractivity contribution in [1.29, 1.82) is 0 Å². The summed E-state index contributed by atoms with van der Waals surface area (Å²) in [7, 11) is 3.60. The number of nitrogens with one attached hydrogen (secondary N) is 1. The molecule has 1 saturated heterocycles. The van der Waals surface area contributed by atoms with Crippen LogP contribution in [0.15, 0.2) is 24.3 Å². The predicted molar refractivity (Wildman–Crippen MR) is 86.2 cm³/mol. The summed E-state index contributed by atoms with van der Waals surface area (Å²) in [6.45, 7) is 5.51. The zero-order chi connectivity index (χ0) is 15.1. The maximum Gasteiger partial charge on any atom is 0.119 e. The lowest BCUT2D eigenvalue weighted by atomic mass is 10.2. The van der Waals surface area contributed by atoms with E-state index in [4.69, 9.17) is 4.74 Å². The van der Waals surface area contributed by atoms with Gasteiger partial charge in [-0.15, -0.1) is 0 Å². The van der Waals surface area contributed by atoms with Crippen LogP contribution in [-0.2, 0) is 0 Å². The number of aliphatic hydroxyl groups excluding tert-OH is 1. The van der Waals surface area contributed by atoms with Crippen LogP contribution in [0.3, 0.4) is 0 Å². The number of piperazine rings is 1. The molecule has 0 saturated carbocycles. The number of hydrogen-bond acceptors (Lipinski definition) is 5. The van der Waals surface area contributed by atoms with Crippen LogP contribution in [0.1, 0.15) is 6.42 Å². The van der Waals surface area contributed by atoms with Crippen molar-refractivity contribution in [3.05, 3.63) is 24.3 Å². The fourth-order valence-corrected chi connectivity index (χ4v) is 2.69. The Hall–Kier alpha value is -1.30. The molecule has 0 radical (unpaired) electrons. The van der Waals surface area contributed by atoms with E-state index in [0.29, 0.717) is 0 Å². The van der Waals surface area contributed by atoms with E-state index < -0.39 is 0 Å². The van der Waals surface area contributed by atoms with E-state index in [0.717, 1.165) is 44.9 Å². The molecule has 5 heteroatoms. The Morgan fingerprint density at radius 1 is 1.19 bits per heavy atom. The van der Waals surface area contributed by atoms with Crippen molar-refractivity contribution in [3.8, 4) is 5.75 Å². The molecule has 1 aromatic carbocycles. The molecule has 2 rings (SSSR count). The maximum absolute atomic E-state index is 9.19. The Morgan fingerprint density at radius 2 is 1.86 bits per heavy atom. The van der Waals surface area contributed by atoms with E-state index in [1.165, 1.54) is 5.69 Å². The molecule has 0 aliphatic carbocycles. The van der Waals surface area contributed by atoms with Gasteiger partial charge in [-0.2, -0.15) is 0 Å². The molecule has 118 valence electrons. The summed E-state index contributed by atoms with van der Waals surface area (Å²) in [5.74, 6) is 0.902. The first kappa shape index (κ1) is 16.1. The molecule has 1 aliphatic rings. The van der Waals surface area contributed by atoms with Gasteiger partial charge in [0, 0.05) is 37.9 Å². The van der Waals surface area contributed by atoms with Gasteiger partial charge in [-0.25, -0.2) is 0 Å². The van der Waals surface area contributed by atoms with Gasteiger partial charge in [0.1, 0.15) is 5.75 Å². The third-order valence-corrected chi connectivity index (χ3v) is 4.23. The highest BCUT2D eigenvalue weighted by atomic mass is 16.5. The second-order valence-electron chi connectivity index (χ2n) is 5.48. The lowest BCUT2D eigenvalue weighted by Gasteiger charge is -2.36. The molecule has 1 atom stereocenters. The molecule has 5 nitrogen and oxygen atoms in total. The minimum absolute atomic E-state index is 0.211. The largest absolute Gasteiger partial charge is 0.497 e. The van der Waals surface area contributed by atoms with Crippen LogP contribution < -0.4 is 15.0 Å². The molecule has 2 N–H and O–H groups in total. The monoisotopic (exact) mass is 293 g/mol. The summed E-state index contributed by atoms with van der Waals surface area (Å²) in [5.41, 5.74) is 1.26. The molecule has 0 aromatic heterocycles. The van der Waals surface area contributed by atoms with Crippen LogP contribution in [0.2, 0.25) is 0 Å². The number of rotatable bonds is 7. The molecule has 0 amide bonds. The first-order valence-electron chi connectivity index (χ1n) is 7.66. The fraction of sp³-hybridized carbons (Fsp3) is 0.625. The van der Waals surface area contributed by atoms with Gasteiger partial charge in [-0.05, 0) is 44.3 Å². The van der Waals surface area contributed by atoms with E-state index in [2.05, 4.69) is 27.2 Å². The second kappa shape index (κ2) is 8.22. The highest BCUT2D eigenvalue weighted by Crippen LogP contribution is 2.20. The van der Waals surface area contributed by atoms with E-state index in [-0.39, 0.29) is 12.6 Å².